The monoisotopic (exact) mass is 203 g/mol. The largest absolute Gasteiger partial charge is 0.416 e. The van der Waals surface area contributed by atoms with E-state index in [-0.39, 0.29) is 6.04 Å². The molecule has 2 N–H and O–H groups in total. The Morgan fingerprint density at radius 1 is 1.31 bits per heavy atom. The molecule has 0 spiro atoms. The van der Waals surface area contributed by atoms with E-state index in [9.17, 15) is 0 Å². The standard InChI is InChI=1S/C10H25NOSi/c1-5-7-8-13(3,4)12-9-10(11)6-2/h10H,5-9,11H2,1-4H3/t10-/m1/s1. The molecule has 0 heterocycles. The van der Waals surface area contributed by atoms with Gasteiger partial charge in [-0.05, 0) is 25.6 Å². The van der Waals surface area contributed by atoms with Crippen LogP contribution in [0.3, 0.4) is 0 Å². The van der Waals surface area contributed by atoms with Crippen LogP contribution in [-0.4, -0.2) is 21.0 Å². The lowest BCUT2D eigenvalue weighted by Crippen LogP contribution is -2.36. The van der Waals surface area contributed by atoms with Crippen molar-refractivity contribution in [1.82, 2.24) is 0 Å². The Morgan fingerprint density at radius 3 is 2.38 bits per heavy atom. The number of hydrogen-bond acceptors (Lipinski definition) is 2. The van der Waals surface area contributed by atoms with Crippen molar-refractivity contribution in [3.8, 4) is 0 Å². The molecule has 2 nitrogen and oxygen atoms in total. The number of hydrogen-bond donors (Lipinski definition) is 1. The zero-order valence-corrected chi connectivity index (χ0v) is 10.6. The third-order valence-electron chi connectivity index (χ3n) is 2.34. The quantitative estimate of drug-likeness (QED) is 0.646. The maximum Gasteiger partial charge on any atom is 0.186 e. The second-order valence-electron chi connectivity index (χ2n) is 4.34. The second-order valence-corrected chi connectivity index (χ2v) is 8.65. The minimum Gasteiger partial charge on any atom is -0.416 e. The minimum atomic E-state index is -1.38. The molecule has 13 heavy (non-hydrogen) atoms. The third kappa shape index (κ3) is 7.23. The lowest BCUT2D eigenvalue weighted by molar-refractivity contribution is 0.274. The number of nitrogens with two attached hydrogens (primary N) is 1. The molecule has 0 aromatic heterocycles. The highest BCUT2D eigenvalue weighted by Crippen LogP contribution is 2.15. The van der Waals surface area contributed by atoms with Crippen molar-refractivity contribution in [2.75, 3.05) is 6.61 Å². The summed E-state index contributed by atoms with van der Waals surface area (Å²) < 4.78 is 5.90. The van der Waals surface area contributed by atoms with Crippen LogP contribution < -0.4 is 5.73 Å². The summed E-state index contributed by atoms with van der Waals surface area (Å²) in [6.45, 7) is 9.65. The molecule has 0 aromatic rings. The molecule has 0 aliphatic carbocycles. The Morgan fingerprint density at radius 2 is 1.92 bits per heavy atom. The maximum absolute atomic E-state index is 5.90. The van der Waals surface area contributed by atoms with Gasteiger partial charge < -0.3 is 10.2 Å². The van der Waals surface area contributed by atoms with Crippen LogP contribution in [0.25, 0.3) is 0 Å². The van der Waals surface area contributed by atoms with E-state index in [0.717, 1.165) is 13.0 Å². The fraction of sp³-hybridized carbons (Fsp3) is 1.00. The molecular weight excluding hydrogens is 178 g/mol. The lowest BCUT2D eigenvalue weighted by Gasteiger charge is -2.24. The van der Waals surface area contributed by atoms with Gasteiger partial charge in [0.1, 0.15) is 0 Å². The Labute approximate surface area is 84.0 Å². The van der Waals surface area contributed by atoms with Crippen LogP contribution >= 0.6 is 0 Å². The van der Waals surface area contributed by atoms with Crippen molar-refractivity contribution in [1.29, 1.82) is 0 Å². The zero-order chi connectivity index (χ0) is 10.3. The van der Waals surface area contributed by atoms with Gasteiger partial charge in [0.25, 0.3) is 0 Å². The van der Waals surface area contributed by atoms with Crippen LogP contribution in [0.15, 0.2) is 0 Å². The molecule has 0 bridgehead atoms. The van der Waals surface area contributed by atoms with Crippen molar-refractivity contribution < 1.29 is 4.43 Å². The SMILES string of the molecule is CCCC[Si](C)(C)OC[C@H](N)CC. The van der Waals surface area contributed by atoms with Crippen LogP contribution in [0.4, 0.5) is 0 Å². The van der Waals surface area contributed by atoms with Crippen LogP contribution in [0, 0.1) is 0 Å². The highest BCUT2D eigenvalue weighted by Gasteiger charge is 2.21. The van der Waals surface area contributed by atoms with Crippen LogP contribution in [0.5, 0.6) is 0 Å². The minimum absolute atomic E-state index is 0.230. The first-order valence-electron chi connectivity index (χ1n) is 5.41. The topological polar surface area (TPSA) is 35.2 Å². The Hall–Kier alpha value is 0.137. The number of rotatable bonds is 7. The molecule has 0 saturated heterocycles. The summed E-state index contributed by atoms with van der Waals surface area (Å²) in [5, 5.41) is 0. The molecule has 0 unspecified atom stereocenters. The van der Waals surface area contributed by atoms with E-state index >= 15 is 0 Å². The van der Waals surface area contributed by atoms with Crippen LogP contribution in [-0.2, 0) is 4.43 Å². The molecule has 0 fully saturated rings. The molecule has 0 rings (SSSR count). The van der Waals surface area contributed by atoms with Crippen LogP contribution in [0.2, 0.25) is 19.1 Å². The van der Waals surface area contributed by atoms with Gasteiger partial charge in [-0.25, -0.2) is 0 Å². The van der Waals surface area contributed by atoms with E-state index in [1.54, 1.807) is 0 Å². The predicted octanol–water partition coefficient (Wildman–Crippen LogP) is 2.75. The van der Waals surface area contributed by atoms with Gasteiger partial charge in [-0.15, -0.1) is 0 Å². The first kappa shape index (κ1) is 13.1. The van der Waals surface area contributed by atoms with Gasteiger partial charge in [0.05, 0.1) is 0 Å². The summed E-state index contributed by atoms with van der Waals surface area (Å²) in [7, 11) is -1.38. The summed E-state index contributed by atoms with van der Waals surface area (Å²) in [6.07, 6.45) is 3.57. The molecule has 0 radical (unpaired) electrons. The summed E-state index contributed by atoms with van der Waals surface area (Å²) in [5.41, 5.74) is 5.81. The van der Waals surface area contributed by atoms with E-state index in [1.165, 1.54) is 18.9 Å². The zero-order valence-electron chi connectivity index (χ0n) is 9.60. The first-order valence-corrected chi connectivity index (χ1v) is 8.53. The molecule has 0 aromatic carbocycles. The molecule has 3 heteroatoms. The average Bonchev–Trinajstić information content (AvgIpc) is 2.11. The fourth-order valence-electron chi connectivity index (χ4n) is 1.13. The molecule has 0 aliphatic rings. The van der Waals surface area contributed by atoms with E-state index < -0.39 is 8.32 Å². The van der Waals surface area contributed by atoms with Crippen molar-refractivity contribution in [2.24, 2.45) is 5.73 Å². The van der Waals surface area contributed by atoms with Crippen molar-refractivity contribution in [2.45, 2.75) is 58.3 Å². The Bertz CT molecular complexity index is 128. The molecule has 1 atom stereocenters. The van der Waals surface area contributed by atoms with Gasteiger partial charge in [-0.3, -0.25) is 0 Å². The maximum atomic E-state index is 5.90. The Kier molecular flexibility index (Phi) is 6.64. The van der Waals surface area contributed by atoms with Gasteiger partial charge in [-0.2, -0.15) is 0 Å². The molecule has 0 saturated carbocycles. The van der Waals surface area contributed by atoms with Crippen molar-refractivity contribution >= 4 is 8.32 Å². The lowest BCUT2D eigenvalue weighted by atomic mass is 10.3. The number of unbranched alkanes of at least 4 members (excludes halogenated alkanes) is 1. The predicted molar refractivity (Wildman–Crippen MR) is 61.4 cm³/mol. The highest BCUT2D eigenvalue weighted by atomic mass is 28.4. The summed E-state index contributed by atoms with van der Waals surface area (Å²) in [6, 6.07) is 1.49. The first-order chi connectivity index (χ1) is 6.02. The van der Waals surface area contributed by atoms with E-state index in [0.29, 0.717) is 0 Å². The van der Waals surface area contributed by atoms with Crippen LogP contribution in [0.1, 0.15) is 33.1 Å². The average molecular weight is 203 g/mol. The molecule has 80 valence electrons. The third-order valence-corrected chi connectivity index (χ3v) is 4.85. The fourth-order valence-corrected chi connectivity index (χ4v) is 3.14. The van der Waals surface area contributed by atoms with Gasteiger partial charge in [0.2, 0.25) is 0 Å². The molecule has 0 amide bonds. The van der Waals surface area contributed by atoms with Gasteiger partial charge in [0.15, 0.2) is 8.32 Å². The second kappa shape index (κ2) is 6.57. The highest BCUT2D eigenvalue weighted by molar-refractivity contribution is 6.71. The van der Waals surface area contributed by atoms with E-state index in [2.05, 4.69) is 26.9 Å². The Balaban J connectivity index is 3.61. The van der Waals surface area contributed by atoms with E-state index in [1.807, 2.05) is 0 Å². The normalized spacial score (nSPS) is 14.5. The van der Waals surface area contributed by atoms with Gasteiger partial charge >= 0.3 is 0 Å². The van der Waals surface area contributed by atoms with Gasteiger partial charge in [0, 0.05) is 12.6 Å². The summed E-state index contributed by atoms with van der Waals surface area (Å²) in [4.78, 5) is 0. The van der Waals surface area contributed by atoms with Gasteiger partial charge in [-0.1, -0.05) is 26.7 Å². The van der Waals surface area contributed by atoms with E-state index in [4.69, 9.17) is 10.2 Å². The molecule has 0 aliphatic heterocycles. The summed E-state index contributed by atoms with van der Waals surface area (Å²) in [5.74, 6) is 0. The summed E-state index contributed by atoms with van der Waals surface area (Å²) >= 11 is 0. The van der Waals surface area contributed by atoms with Crippen molar-refractivity contribution in [3.63, 3.8) is 0 Å². The smallest absolute Gasteiger partial charge is 0.186 e. The molecular formula is C10H25NOSi. The van der Waals surface area contributed by atoms with Crippen molar-refractivity contribution in [3.05, 3.63) is 0 Å².